The van der Waals surface area contributed by atoms with Gasteiger partial charge in [0.15, 0.2) is 11.4 Å². The van der Waals surface area contributed by atoms with E-state index in [4.69, 9.17) is 0 Å². The smallest absolute Gasteiger partial charge is 0.274 e. The van der Waals surface area contributed by atoms with Crippen molar-refractivity contribution < 1.29 is 32.3 Å². The Morgan fingerprint density at radius 1 is 1.28 bits per heavy atom. The van der Waals surface area contributed by atoms with Crippen LogP contribution in [0.1, 0.15) is 46.2 Å². The third-order valence-corrected chi connectivity index (χ3v) is 6.24. The van der Waals surface area contributed by atoms with E-state index in [1.807, 2.05) is 0 Å². The first-order valence-corrected chi connectivity index (χ1v) is 10.2. The molecule has 3 atom stereocenters. The highest BCUT2D eigenvalue weighted by Gasteiger charge is 2.40. The number of aromatic nitrogens is 1. The largest absolute Gasteiger partial charge is 0.503 e. The first-order chi connectivity index (χ1) is 15.2. The lowest BCUT2D eigenvalue weighted by Crippen LogP contribution is -2.46. The van der Waals surface area contributed by atoms with Crippen LogP contribution >= 0.6 is 0 Å². The van der Waals surface area contributed by atoms with Crippen molar-refractivity contribution in [2.45, 2.75) is 31.5 Å². The van der Waals surface area contributed by atoms with Gasteiger partial charge in [0.2, 0.25) is 5.43 Å². The Labute approximate surface area is 180 Å². The number of fused-ring (bicyclic) bond motifs is 4. The fourth-order valence-electron chi connectivity index (χ4n) is 4.49. The average molecular weight is 455 g/mol. The average Bonchev–Trinajstić information content (AvgIpc) is 2.93. The van der Waals surface area contributed by atoms with E-state index < -0.39 is 83.6 Å². The van der Waals surface area contributed by atoms with Gasteiger partial charge < -0.3 is 19.9 Å². The molecule has 2 unspecified atom stereocenters. The van der Waals surface area contributed by atoms with E-state index in [1.165, 1.54) is 9.47 Å². The number of hydrogen-bond donors (Lipinski definition) is 2. The molecule has 1 fully saturated rings. The van der Waals surface area contributed by atoms with Crippen LogP contribution in [0.4, 0.5) is 17.6 Å². The number of carbonyl (C=O) groups excluding carboxylic acids is 2. The number of aromatic hydroxyl groups is 1. The Hall–Kier alpha value is -3.11. The zero-order valence-electron chi connectivity index (χ0n) is 16.9. The molecule has 2 N–H and O–H groups in total. The normalized spacial score (nSPS) is 25.2. The molecular weight excluding hydrogens is 434 g/mol. The van der Waals surface area contributed by atoms with Gasteiger partial charge in [-0.1, -0.05) is 0 Å². The molecule has 0 spiro atoms. The predicted molar refractivity (Wildman–Crippen MR) is 105 cm³/mol. The summed E-state index contributed by atoms with van der Waals surface area (Å²) in [5.74, 6) is -5.17. The maximum Gasteiger partial charge on any atom is 0.274 e. The zero-order chi connectivity index (χ0) is 23.2. The van der Waals surface area contributed by atoms with Crippen molar-refractivity contribution in [3.05, 3.63) is 51.0 Å². The summed E-state index contributed by atoms with van der Waals surface area (Å²) in [6.45, 7) is -0.776. The topological polar surface area (TPSA) is 91.6 Å². The SMILES string of the molecule is O=C(NCC1=C(F)C=C(F)CC1F)c1cn2c(c(O)c1=O)C(=O)N1CCC[C@H](CF)C2C1. The lowest BCUT2D eigenvalue weighted by Gasteiger charge is -2.36. The third kappa shape index (κ3) is 3.69. The molecule has 0 saturated carbocycles. The summed E-state index contributed by atoms with van der Waals surface area (Å²) in [4.78, 5) is 39.4. The number of alkyl halides is 2. The number of rotatable bonds is 4. The molecule has 11 heteroatoms. The van der Waals surface area contributed by atoms with Crippen LogP contribution in [-0.2, 0) is 0 Å². The van der Waals surface area contributed by atoms with Gasteiger partial charge >= 0.3 is 0 Å². The fourth-order valence-corrected chi connectivity index (χ4v) is 4.49. The Balaban J connectivity index is 1.68. The number of carbonyl (C=O) groups is 2. The molecule has 3 heterocycles. The van der Waals surface area contributed by atoms with E-state index in [0.717, 1.165) is 6.20 Å². The van der Waals surface area contributed by atoms with Gasteiger partial charge in [-0.15, -0.1) is 0 Å². The molecule has 2 bridgehead atoms. The molecule has 32 heavy (non-hydrogen) atoms. The Bertz CT molecular complexity index is 1100. The number of hydrogen-bond acceptors (Lipinski definition) is 4. The molecule has 3 aliphatic rings. The van der Waals surface area contributed by atoms with Gasteiger partial charge in [0, 0.05) is 49.8 Å². The molecule has 2 amide bonds. The zero-order valence-corrected chi connectivity index (χ0v) is 16.9. The number of pyridine rings is 1. The van der Waals surface area contributed by atoms with E-state index >= 15 is 0 Å². The van der Waals surface area contributed by atoms with Gasteiger partial charge in [0.1, 0.15) is 23.4 Å². The van der Waals surface area contributed by atoms with Crippen LogP contribution in [0.25, 0.3) is 0 Å². The van der Waals surface area contributed by atoms with E-state index in [0.29, 0.717) is 25.5 Å². The minimum Gasteiger partial charge on any atom is -0.503 e. The monoisotopic (exact) mass is 455 g/mol. The summed E-state index contributed by atoms with van der Waals surface area (Å²) in [5.41, 5.74) is -2.47. The van der Waals surface area contributed by atoms with Crippen LogP contribution in [0, 0.1) is 5.92 Å². The van der Waals surface area contributed by atoms with Gasteiger partial charge in [0.25, 0.3) is 11.8 Å². The molecule has 2 aliphatic heterocycles. The van der Waals surface area contributed by atoms with Crippen molar-refractivity contribution in [2.75, 3.05) is 26.3 Å². The molecule has 0 aromatic carbocycles. The molecule has 4 rings (SSSR count). The number of halogens is 4. The highest BCUT2D eigenvalue weighted by atomic mass is 19.2. The van der Waals surface area contributed by atoms with E-state index in [2.05, 4.69) is 5.32 Å². The van der Waals surface area contributed by atoms with Crippen molar-refractivity contribution in [3.63, 3.8) is 0 Å². The minimum absolute atomic E-state index is 0.170. The van der Waals surface area contributed by atoms with Gasteiger partial charge in [-0.3, -0.25) is 18.8 Å². The standard InChI is InChI=1S/C21H21F4N3O4/c22-6-10-2-1-3-27-9-16(10)28-8-13(18(29)19(30)17(28)21(27)32)20(31)26-7-12-14(24)4-11(23)5-15(12)25/h4,8,10,15-16,30H,1-3,5-7,9H2,(H,26,31)/t10-,15?,16?/m1/s1. The lowest BCUT2D eigenvalue weighted by atomic mass is 9.95. The van der Waals surface area contributed by atoms with E-state index in [9.17, 15) is 37.1 Å². The third-order valence-electron chi connectivity index (χ3n) is 6.24. The van der Waals surface area contributed by atoms with E-state index in [-0.39, 0.29) is 12.2 Å². The van der Waals surface area contributed by atoms with Gasteiger partial charge in [-0.25, -0.2) is 13.2 Å². The van der Waals surface area contributed by atoms with Crippen LogP contribution in [-0.4, -0.2) is 58.9 Å². The minimum atomic E-state index is -1.97. The Morgan fingerprint density at radius 3 is 2.72 bits per heavy atom. The molecule has 1 aliphatic carbocycles. The maximum absolute atomic E-state index is 14.0. The summed E-state index contributed by atoms with van der Waals surface area (Å²) in [7, 11) is 0. The quantitative estimate of drug-likeness (QED) is 0.683. The summed E-state index contributed by atoms with van der Waals surface area (Å²) in [6.07, 6.45) is 0.0125. The first kappa shape index (κ1) is 22.1. The van der Waals surface area contributed by atoms with Crippen LogP contribution in [0.2, 0.25) is 0 Å². The highest BCUT2D eigenvalue weighted by molar-refractivity contribution is 5.99. The maximum atomic E-state index is 14.0. The molecular formula is C21H21F4N3O4. The second-order valence-electron chi connectivity index (χ2n) is 8.17. The van der Waals surface area contributed by atoms with Crippen molar-refractivity contribution in [1.29, 1.82) is 0 Å². The Morgan fingerprint density at radius 2 is 2.03 bits per heavy atom. The number of nitrogens with zero attached hydrogens (tertiary/aromatic N) is 2. The van der Waals surface area contributed by atoms with Crippen molar-refractivity contribution in [3.8, 4) is 5.75 Å². The second kappa shape index (κ2) is 8.44. The highest BCUT2D eigenvalue weighted by Crippen LogP contribution is 2.35. The molecule has 172 valence electrons. The summed E-state index contributed by atoms with van der Waals surface area (Å²) in [6, 6.07) is -0.588. The fraction of sp³-hybridized carbons (Fsp3) is 0.476. The van der Waals surface area contributed by atoms with Crippen molar-refractivity contribution >= 4 is 11.8 Å². The first-order valence-electron chi connectivity index (χ1n) is 10.2. The molecule has 0 radical (unpaired) electrons. The summed E-state index contributed by atoms with van der Waals surface area (Å²) >= 11 is 0. The van der Waals surface area contributed by atoms with Gasteiger partial charge in [-0.05, 0) is 12.8 Å². The molecule has 7 nitrogen and oxygen atoms in total. The molecule has 1 aromatic rings. The van der Waals surface area contributed by atoms with Gasteiger partial charge in [0.05, 0.1) is 12.7 Å². The van der Waals surface area contributed by atoms with Gasteiger partial charge in [-0.2, -0.15) is 0 Å². The van der Waals surface area contributed by atoms with Crippen molar-refractivity contribution in [1.82, 2.24) is 14.8 Å². The Kier molecular flexibility index (Phi) is 5.83. The number of allylic oxidation sites excluding steroid dienone is 3. The molecule has 1 saturated heterocycles. The predicted octanol–water partition coefficient (Wildman–Crippen LogP) is 2.48. The summed E-state index contributed by atoms with van der Waals surface area (Å²) in [5, 5.41) is 12.6. The number of amides is 2. The molecule has 1 aromatic heterocycles. The van der Waals surface area contributed by atoms with E-state index in [1.54, 1.807) is 0 Å². The summed E-state index contributed by atoms with van der Waals surface area (Å²) < 4.78 is 55.9. The van der Waals surface area contributed by atoms with Crippen LogP contribution in [0.5, 0.6) is 5.75 Å². The van der Waals surface area contributed by atoms with Crippen molar-refractivity contribution in [2.24, 2.45) is 5.92 Å². The lowest BCUT2D eigenvalue weighted by molar-refractivity contribution is 0.0651. The number of nitrogens with one attached hydrogen (secondary N) is 1. The van der Waals surface area contributed by atoms with Crippen LogP contribution < -0.4 is 10.7 Å². The van der Waals surface area contributed by atoms with Crippen LogP contribution in [0.15, 0.2) is 34.3 Å². The second-order valence-corrected chi connectivity index (χ2v) is 8.17. The van der Waals surface area contributed by atoms with Crippen LogP contribution in [0.3, 0.4) is 0 Å².